The summed E-state index contributed by atoms with van der Waals surface area (Å²) in [6.45, 7) is 1.32. The van der Waals surface area contributed by atoms with Gasteiger partial charge in [-0.25, -0.2) is 4.79 Å². The number of benzene rings is 1. The van der Waals surface area contributed by atoms with Crippen molar-refractivity contribution in [3.05, 3.63) is 34.5 Å². The summed E-state index contributed by atoms with van der Waals surface area (Å²) in [5, 5.41) is 10.3. The number of esters is 1. The number of nitrogens with one attached hydrogen (secondary N) is 1. The number of H-pyrrole nitrogens is 1. The van der Waals surface area contributed by atoms with Crippen molar-refractivity contribution in [3.8, 4) is 0 Å². The highest BCUT2D eigenvalue weighted by molar-refractivity contribution is 6.31. The molecule has 1 heterocycles. The lowest BCUT2D eigenvalue weighted by Gasteiger charge is -2.28. The summed E-state index contributed by atoms with van der Waals surface area (Å²) in [7, 11) is 0.774. The number of methoxy groups -OCH3 is 1. The molecule has 114 valence electrons. The molecule has 0 spiro atoms. The van der Waals surface area contributed by atoms with Crippen LogP contribution in [0.2, 0.25) is 5.02 Å². The maximum atomic E-state index is 13.3. The molecule has 2 aromatic rings. The Labute approximate surface area is 122 Å². The first-order valence-corrected chi connectivity index (χ1v) is 6.16. The number of ether oxygens (including phenoxy) is 1. The maximum Gasteiger partial charge on any atom is 0.432 e. The molecule has 1 aromatic carbocycles. The first kappa shape index (κ1) is 15.7. The molecule has 2 N–H and O–H groups in total. The van der Waals surface area contributed by atoms with Gasteiger partial charge in [-0.15, -0.1) is 0 Å². The van der Waals surface area contributed by atoms with Crippen molar-refractivity contribution in [2.75, 3.05) is 7.11 Å². The first-order valence-electron chi connectivity index (χ1n) is 5.78. The third-order valence-corrected chi connectivity index (χ3v) is 3.44. The third-order valence-electron chi connectivity index (χ3n) is 3.20. The summed E-state index contributed by atoms with van der Waals surface area (Å²) < 4.78 is 44.1. The van der Waals surface area contributed by atoms with E-state index >= 15 is 0 Å². The minimum Gasteiger partial charge on any atom is -0.466 e. The Balaban J connectivity index is 2.86. The van der Waals surface area contributed by atoms with Crippen LogP contribution in [0.3, 0.4) is 0 Å². The van der Waals surface area contributed by atoms with Gasteiger partial charge in [0.05, 0.1) is 7.11 Å². The summed E-state index contributed by atoms with van der Waals surface area (Å²) in [6, 6.07) is 4.19. The van der Waals surface area contributed by atoms with Gasteiger partial charge in [0.2, 0.25) is 0 Å². The zero-order valence-corrected chi connectivity index (χ0v) is 11.8. The normalized spacial score (nSPS) is 15.0. The summed E-state index contributed by atoms with van der Waals surface area (Å²) in [6.07, 6.45) is -5.25. The number of carbonyl (C=O) groups excluding carboxylic acids is 1. The van der Waals surface area contributed by atoms with E-state index in [-0.39, 0.29) is 16.1 Å². The Morgan fingerprint density at radius 3 is 2.52 bits per heavy atom. The molecule has 0 fully saturated rings. The number of aromatic nitrogens is 1. The molecule has 0 aliphatic heterocycles. The predicted octanol–water partition coefficient (Wildman–Crippen LogP) is 3.05. The molecule has 0 saturated heterocycles. The minimum atomic E-state index is -5.25. The molecule has 4 nitrogen and oxygen atoms in total. The van der Waals surface area contributed by atoms with E-state index in [4.69, 9.17) is 11.6 Å². The molecule has 1 unspecified atom stereocenters. The molecule has 1 atom stereocenters. The van der Waals surface area contributed by atoms with Crippen molar-refractivity contribution in [3.63, 3.8) is 0 Å². The molecular formula is C13H11ClF3NO3. The zero-order chi connectivity index (χ0) is 16.0. The summed E-state index contributed by atoms with van der Waals surface area (Å²) in [4.78, 5) is 14.3. The van der Waals surface area contributed by atoms with Crippen LogP contribution < -0.4 is 0 Å². The average Bonchev–Trinajstić information content (AvgIpc) is 2.71. The number of alkyl halides is 3. The number of aromatic amines is 1. The number of hydrogen-bond acceptors (Lipinski definition) is 3. The number of hydrogen-bond donors (Lipinski definition) is 2. The third kappa shape index (κ3) is 2.26. The summed E-state index contributed by atoms with van der Waals surface area (Å²) in [5.74, 6) is -1.81. The van der Waals surface area contributed by atoms with Gasteiger partial charge in [-0.3, -0.25) is 0 Å². The molecular weight excluding hydrogens is 311 g/mol. The molecule has 0 radical (unpaired) electrons. The summed E-state index contributed by atoms with van der Waals surface area (Å²) in [5.41, 5.74) is -4.07. The molecule has 0 saturated carbocycles. The predicted molar refractivity (Wildman–Crippen MR) is 70.0 cm³/mol. The van der Waals surface area contributed by atoms with Gasteiger partial charge in [0, 0.05) is 27.2 Å². The van der Waals surface area contributed by atoms with Crippen LogP contribution in [-0.2, 0) is 15.1 Å². The van der Waals surface area contributed by atoms with Crippen LogP contribution in [-0.4, -0.2) is 29.3 Å². The Bertz CT molecular complexity index is 710. The van der Waals surface area contributed by atoms with Crippen LogP contribution in [0.15, 0.2) is 18.2 Å². The maximum absolute atomic E-state index is 13.3. The molecule has 0 aliphatic carbocycles. The van der Waals surface area contributed by atoms with Crippen molar-refractivity contribution in [2.45, 2.75) is 18.7 Å². The van der Waals surface area contributed by atoms with E-state index in [1.807, 2.05) is 0 Å². The zero-order valence-electron chi connectivity index (χ0n) is 11.0. The quantitative estimate of drug-likeness (QED) is 0.836. The number of aryl methyl sites for hydroxylation is 1. The standard InChI is InChI=1S/C13H11ClF3NO3/c1-6-10(8-5-7(14)3-4-9(8)18-6)12(20,11(19)21-2)13(15,16)17/h3-5,18,20H,1-2H3. The molecule has 0 aliphatic rings. The van der Waals surface area contributed by atoms with Crippen molar-refractivity contribution in [2.24, 2.45) is 0 Å². The molecule has 8 heteroatoms. The van der Waals surface area contributed by atoms with Gasteiger partial charge in [-0.2, -0.15) is 13.2 Å². The largest absolute Gasteiger partial charge is 0.466 e. The van der Waals surface area contributed by atoms with E-state index in [2.05, 4.69) is 9.72 Å². The molecule has 0 amide bonds. The van der Waals surface area contributed by atoms with Crippen LogP contribution in [0.4, 0.5) is 13.2 Å². The van der Waals surface area contributed by atoms with Gasteiger partial charge < -0.3 is 14.8 Å². The second-order valence-corrected chi connectivity index (χ2v) is 4.95. The van der Waals surface area contributed by atoms with E-state index in [0.717, 1.165) is 7.11 Å². The summed E-state index contributed by atoms with van der Waals surface area (Å²) >= 11 is 5.78. The second-order valence-electron chi connectivity index (χ2n) is 4.51. The molecule has 0 bridgehead atoms. The Morgan fingerprint density at radius 1 is 1.38 bits per heavy atom. The van der Waals surface area contributed by atoms with Crippen molar-refractivity contribution in [1.29, 1.82) is 0 Å². The van der Waals surface area contributed by atoms with Gasteiger partial charge >= 0.3 is 12.1 Å². The lowest BCUT2D eigenvalue weighted by molar-refractivity contribution is -0.266. The van der Waals surface area contributed by atoms with Crippen LogP contribution in [0.25, 0.3) is 10.9 Å². The highest BCUT2D eigenvalue weighted by atomic mass is 35.5. The average molecular weight is 322 g/mol. The number of halogens is 4. The monoisotopic (exact) mass is 321 g/mol. The fraction of sp³-hybridized carbons (Fsp3) is 0.308. The number of carbonyl (C=O) groups is 1. The molecule has 21 heavy (non-hydrogen) atoms. The van der Waals surface area contributed by atoms with Crippen molar-refractivity contribution >= 4 is 28.5 Å². The fourth-order valence-electron chi connectivity index (χ4n) is 2.27. The SMILES string of the molecule is COC(=O)C(O)(c1c(C)[nH]c2ccc(Cl)cc12)C(F)(F)F. The van der Waals surface area contributed by atoms with Gasteiger partial charge in [-0.1, -0.05) is 11.6 Å². The van der Waals surface area contributed by atoms with Gasteiger partial charge in [0.25, 0.3) is 5.60 Å². The van der Waals surface area contributed by atoms with Crippen LogP contribution in [0.5, 0.6) is 0 Å². The Morgan fingerprint density at radius 2 is 2.00 bits per heavy atom. The van der Waals surface area contributed by atoms with Crippen molar-refractivity contribution < 1.29 is 27.8 Å². The number of rotatable bonds is 2. The highest BCUT2D eigenvalue weighted by Crippen LogP contribution is 2.44. The first-order chi connectivity index (χ1) is 9.62. The molecule has 1 aromatic heterocycles. The van der Waals surface area contributed by atoms with E-state index < -0.39 is 23.3 Å². The molecule has 2 rings (SSSR count). The van der Waals surface area contributed by atoms with E-state index in [9.17, 15) is 23.1 Å². The van der Waals surface area contributed by atoms with Gasteiger partial charge in [-0.05, 0) is 25.1 Å². The topological polar surface area (TPSA) is 62.3 Å². The van der Waals surface area contributed by atoms with Gasteiger partial charge in [0.15, 0.2) is 0 Å². The van der Waals surface area contributed by atoms with Gasteiger partial charge in [0.1, 0.15) is 0 Å². The lowest BCUT2D eigenvalue weighted by atomic mass is 9.90. The van der Waals surface area contributed by atoms with E-state index in [1.165, 1.54) is 25.1 Å². The lowest BCUT2D eigenvalue weighted by Crippen LogP contribution is -2.50. The van der Waals surface area contributed by atoms with Crippen molar-refractivity contribution in [1.82, 2.24) is 4.98 Å². The van der Waals surface area contributed by atoms with Crippen LogP contribution in [0.1, 0.15) is 11.3 Å². The van der Waals surface area contributed by atoms with E-state index in [1.54, 1.807) is 0 Å². The Kier molecular flexibility index (Phi) is 3.67. The van der Waals surface area contributed by atoms with E-state index in [0.29, 0.717) is 5.52 Å². The fourth-order valence-corrected chi connectivity index (χ4v) is 2.44. The number of fused-ring (bicyclic) bond motifs is 1. The second kappa shape index (κ2) is 4.92. The Hall–Kier alpha value is -1.73. The van der Waals surface area contributed by atoms with Crippen LogP contribution >= 0.6 is 11.6 Å². The smallest absolute Gasteiger partial charge is 0.432 e. The number of aliphatic hydroxyl groups is 1. The highest BCUT2D eigenvalue weighted by Gasteiger charge is 2.63. The van der Waals surface area contributed by atoms with Crippen LogP contribution in [0, 0.1) is 6.92 Å². The minimum absolute atomic E-state index is 0.00232.